The second-order valence-corrected chi connectivity index (χ2v) is 6.06. The standard InChI is InChI=1S/C13H20BrNOS/c1-11(5-3-9-14)15-13(16)8-2-6-12-7-4-10-17-12/h4,7,10-11H,2-3,5-6,8-9H2,1H3,(H,15,16). The summed E-state index contributed by atoms with van der Waals surface area (Å²) < 4.78 is 0. The quantitative estimate of drug-likeness (QED) is 0.727. The van der Waals surface area contributed by atoms with Crippen LogP contribution in [0.5, 0.6) is 0 Å². The number of hydrogen-bond acceptors (Lipinski definition) is 2. The molecular weight excluding hydrogens is 298 g/mol. The van der Waals surface area contributed by atoms with Crippen molar-refractivity contribution in [3.63, 3.8) is 0 Å². The maximum atomic E-state index is 11.6. The second kappa shape index (κ2) is 8.70. The van der Waals surface area contributed by atoms with Crippen LogP contribution in [0.1, 0.15) is 37.5 Å². The van der Waals surface area contributed by atoms with E-state index in [1.54, 1.807) is 11.3 Å². The van der Waals surface area contributed by atoms with Crippen LogP contribution in [0.2, 0.25) is 0 Å². The molecule has 0 aliphatic carbocycles. The Labute approximate surface area is 116 Å². The number of amides is 1. The molecule has 1 aromatic rings. The summed E-state index contributed by atoms with van der Waals surface area (Å²) in [6.07, 6.45) is 4.74. The highest BCUT2D eigenvalue weighted by Gasteiger charge is 2.06. The summed E-state index contributed by atoms with van der Waals surface area (Å²) in [6, 6.07) is 4.48. The van der Waals surface area contributed by atoms with Crippen LogP contribution in [0.3, 0.4) is 0 Å². The van der Waals surface area contributed by atoms with E-state index in [1.165, 1.54) is 4.88 Å². The van der Waals surface area contributed by atoms with Gasteiger partial charge in [-0.3, -0.25) is 4.79 Å². The van der Waals surface area contributed by atoms with Crippen molar-refractivity contribution in [2.45, 2.75) is 45.1 Å². The summed E-state index contributed by atoms with van der Waals surface area (Å²) in [5.74, 6) is 0.184. The van der Waals surface area contributed by atoms with Crippen molar-refractivity contribution in [1.82, 2.24) is 5.32 Å². The van der Waals surface area contributed by atoms with Crippen LogP contribution in [0.25, 0.3) is 0 Å². The molecule has 0 bridgehead atoms. The first-order valence-corrected chi connectivity index (χ1v) is 8.10. The fourth-order valence-corrected chi connectivity index (χ4v) is 2.76. The van der Waals surface area contributed by atoms with Gasteiger partial charge < -0.3 is 5.32 Å². The van der Waals surface area contributed by atoms with Crippen molar-refractivity contribution < 1.29 is 4.79 Å². The number of nitrogens with one attached hydrogen (secondary N) is 1. The molecule has 0 aliphatic heterocycles. The number of rotatable bonds is 8. The summed E-state index contributed by atoms with van der Waals surface area (Å²) >= 11 is 5.16. The van der Waals surface area contributed by atoms with Gasteiger partial charge in [0.1, 0.15) is 0 Å². The number of thiophene rings is 1. The molecule has 1 aromatic heterocycles. The zero-order valence-corrected chi connectivity index (χ0v) is 12.6. The van der Waals surface area contributed by atoms with E-state index in [0.29, 0.717) is 12.5 Å². The number of carbonyl (C=O) groups excluding carboxylic acids is 1. The Morgan fingerprint density at radius 3 is 3.00 bits per heavy atom. The maximum absolute atomic E-state index is 11.6. The third-order valence-electron chi connectivity index (χ3n) is 2.59. The van der Waals surface area contributed by atoms with Gasteiger partial charge in [-0.05, 0) is 44.1 Å². The third-order valence-corrected chi connectivity index (χ3v) is 4.08. The zero-order valence-electron chi connectivity index (χ0n) is 10.2. The lowest BCUT2D eigenvalue weighted by atomic mass is 10.1. The lowest BCUT2D eigenvalue weighted by Crippen LogP contribution is -2.32. The lowest BCUT2D eigenvalue weighted by molar-refractivity contribution is -0.121. The molecule has 0 aliphatic rings. The van der Waals surface area contributed by atoms with E-state index in [9.17, 15) is 4.79 Å². The molecule has 1 unspecified atom stereocenters. The molecule has 96 valence electrons. The van der Waals surface area contributed by atoms with Crippen molar-refractivity contribution in [3.05, 3.63) is 22.4 Å². The predicted octanol–water partition coefficient (Wildman–Crippen LogP) is 3.75. The van der Waals surface area contributed by atoms with Gasteiger partial charge >= 0.3 is 0 Å². The van der Waals surface area contributed by atoms with Crippen LogP contribution in [0.4, 0.5) is 0 Å². The smallest absolute Gasteiger partial charge is 0.220 e. The number of halogens is 1. The molecule has 0 aromatic carbocycles. The maximum Gasteiger partial charge on any atom is 0.220 e. The molecule has 0 saturated heterocycles. The Balaban J connectivity index is 2.08. The summed E-state index contributed by atoms with van der Waals surface area (Å²) in [7, 11) is 0. The minimum Gasteiger partial charge on any atom is -0.354 e. The highest BCUT2D eigenvalue weighted by atomic mass is 79.9. The second-order valence-electron chi connectivity index (χ2n) is 4.23. The van der Waals surface area contributed by atoms with Gasteiger partial charge in [0.25, 0.3) is 0 Å². The van der Waals surface area contributed by atoms with E-state index < -0.39 is 0 Å². The topological polar surface area (TPSA) is 29.1 Å². The highest BCUT2D eigenvalue weighted by Crippen LogP contribution is 2.11. The Morgan fingerprint density at radius 2 is 2.35 bits per heavy atom. The molecule has 1 heterocycles. The molecule has 0 radical (unpaired) electrons. The summed E-state index contributed by atoms with van der Waals surface area (Å²) in [5.41, 5.74) is 0. The van der Waals surface area contributed by atoms with Gasteiger partial charge in [0.05, 0.1) is 0 Å². The van der Waals surface area contributed by atoms with Gasteiger partial charge in [0.15, 0.2) is 0 Å². The van der Waals surface area contributed by atoms with Gasteiger partial charge in [0, 0.05) is 22.7 Å². The zero-order chi connectivity index (χ0) is 12.5. The Hall–Kier alpha value is -0.350. The fraction of sp³-hybridized carbons (Fsp3) is 0.615. The number of carbonyl (C=O) groups is 1. The van der Waals surface area contributed by atoms with Gasteiger partial charge in [-0.1, -0.05) is 22.0 Å². The molecule has 1 atom stereocenters. The summed E-state index contributed by atoms with van der Waals surface area (Å²) in [6.45, 7) is 2.07. The molecular formula is C13H20BrNOS. The Morgan fingerprint density at radius 1 is 1.53 bits per heavy atom. The molecule has 1 rings (SSSR count). The van der Waals surface area contributed by atoms with Gasteiger partial charge in [-0.15, -0.1) is 11.3 Å². The SMILES string of the molecule is CC(CCCBr)NC(=O)CCCc1cccs1. The molecule has 17 heavy (non-hydrogen) atoms. The first kappa shape index (κ1) is 14.7. The van der Waals surface area contributed by atoms with E-state index >= 15 is 0 Å². The van der Waals surface area contributed by atoms with Crippen LogP contribution >= 0.6 is 27.3 Å². The first-order valence-electron chi connectivity index (χ1n) is 6.10. The number of alkyl halides is 1. The van der Waals surface area contributed by atoms with E-state index in [-0.39, 0.29) is 5.91 Å². The monoisotopic (exact) mass is 317 g/mol. The lowest BCUT2D eigenvalue weighted by Gasteiger charge is -2.12. The van der Waals surface area contributed by atoms with Gasteiger partial charge in [-0.2, -0.15) is 0 Å². The average molecular weight is 318 g/mol. The predicted molar refractivity (Wildman–Crippen MR) is 77.9 cm³/mol. The van der Waals surface area contributed by atoms with Crippen molar-refractivity contribution in [2.24, 2.45) is 0 Å². The van der Waals surface area contributed by atoms with Crippen LogP contribution in [0, 0.1) is 0 Å². The van der Waals surface area contributed by atoms with E-state index in [2.05, 4.69) is 45.7 Å². The highest BCUT2D eigenvalue weighted by molar-refractivity contribution is 9.09. The van der Waals surface area contributed by atoms with Crippen molar-refractivity contribution >= 4 is 33.2 Å². The third kappa shape index (κ3) is 6.84. The van der Waals surface area contributed by atoms with Crippen LogP contribution in [-0.4, -0.2) is 17.3 Å². The van der Waals surface area contributed by atoms with Crippen LogP contribution in [-0.2, 0) is 11.2 Å². The van der Waals surface area contributed by atoms with Gasteiger partial charge in [0.2, 0.25) is 5.91 Å². The Kier molecular flexibility index (Phi) is 7.53. The number of hydrogen-bond donors (Lipinski definition) is 1. The largest absolute Gasteiger partial charge is 0.354 e. The normalized spacial score (nSPS) is 12.4. The van der Waals surface area contributed by atoms with E-state index in [0.717, 1.165) is 31.0 Å². The first-order chi connectivity index (χ1) is 8.22. The Bertz CT molecular complexity index is 313. The van der Waals surface area contributed by atoms with Crippen molar-refractivity contribution in [3.8, 4) is 0 Å². The van der Waals surface area contributed by atoms with Crippen LogP contribution < -0.4 is 5.32 Å². The van der Waals surface area contributed by atoms with Crippen molar-refractivity contribution in [1.29, 1.82) is 0 Å². The minimum atomic E-state index is 0.184. The molecule has 1 N–H and O–H groups in total. The van der Waals surface area contributed by atoms with Crippen LogP contribution in [0.15, 0.2) is 17.5 Å². The molecule has 1 amide bonds. The summed E-state index contributed by atoms with van der Waals surface area (Å²) in [5, 5.41) is 6.13. The van der Waals surface area contributed by atoms with E-state index in [1.807, 2.05) is 0 Å². The van der Waals surface area contributed by atoms with E-state index in [4.69, 9.17) is 0 Å². The molecule has 0 spiro atoms. The number of aryl methyl sites for hydroxylation is 1. The molecule has 0 fully saturated rings. The average Bonchev–Trinajstić information content (AvgIpc) is 2.79. The van der Waals surface area contributed by atoms with Gasteiger partial charge in [-0.25, -0.2) is 0 Å². The molecule has 0 saturated carbocycles. The minimum absolute atomic E-state index is 0.184. The fourth-order valence-electron chi connectivity index (χ4n) is 1.68. The molecule has 2 nitrogen and oxygen atoms in total. The van der Waals surface area contributed by atoms with Crippen molar-refractivity contribution in [2.75, 3.05) is 5.33 Å². The summed E-state index contributed by atoms with van der Waals surface area (Å²) in [4.78, 5) is 13.0. The molecule has 4 heteroatoms.